The van der Waals surface area contributed by atoms with Crippen LogP contribution in [-0.2, 0) is 67.7 Å². The Balaban J connectivity index is -0.0000000613. The van der Waals surface area contributed by atoms with Gasteiger partial charge in [0.1, 0.15) is 0 Å². The van der Waals surface area contributed by atoms with Crippen molar-refractivity contribution >= 4 is 50.6 Å². The molecule has 2 radical (unpaired) electrons. The van der Waals surface area contributed by atoms with Crippen LogP contribution in [0.2, 0.25) is 0 Å². The van der Waals surface area contributed by atoms with Crippen LogP contribution in [0, 0.1) is 53.1 Å². The van der Waals surface area contributed by atoms with Gasteiger partial charge in [-0.1, -0.05) is 0 Å². The third-order valence-electron chi connectivity index (χ3n) is 1.42. The molecule has 0 heterocycles. The second kappa shape index (κ2) is 21.8. The molecular weight excluding hydrogens is 987 g/mol. The Morgan fingerprint density at radius 1 is 0.400 bits per heavy atom. The van der Waals surface area contributed by atoms with E-state index in [1.54, 1.807) is 6.07 Å². The van der Waals surface area contributed by atoms with Gasteiger partial charge in [0.25, 0.3) is 0 Å². The molecule has 0 aliphatic rings. The Morgan fingerprint density at radius 3 is 0.422 bits per heavy atom. The van der Waals surface area contributed by atoms with E-state index in [0.29, 0.717) is 0 Å². The second-order valence-electron chi connectivity index (χ2n) is 4.72. The minimum atomic E-state index is -6.09. The average molecular weight is 990 g/mol. The second-order valence-corrected chi connectivity index (χ2v) is 11.6. The van der Waals surface area contributed by atoms with E-state index in [1.807, 2.05) is 0 Å². The summed E-state index contributed by atoms with van der Waals surface area (Å²) in [7, 11) is -30.5. The molecule has 0 atom stereocenters. The monoisotopic (exact) mass is 989 g/mol. The molecule has 0 spiro atoms. The first-order valence-electron chi connectivity index (χ1n) is 7.08. The molecule has 0 aromatic heterocycles. The van der Waals surface area contributed by atoms with Gasteiger partial charge < -0.3 is 22.8 Å². The Bertz CT molecular complexity index is 1180. The van der Waals surface area contributed by atoms with E-state index in [2.05, 4.69) is 0 Å². The van der Waals surface area contributed by atoms with Crippen LogP contribution < -0.4 is 0 Å². The zero-order valence-corrected chi connectivity index (χ0v) is 27.2. The Hall–Kier alpha value is -0.114. The molecule has 16 nitrogen and oxygen atoms in total. The summed E-state index contributed by atoms with van der Waals surface area (Å²) in [5.41, 5.74) is -28.2. The maximum absolute atomic E-state index is 10.7. The van der Waals surface area contributed by atoms with E-state index in [9.17, 15) is 65.9 Å². The Kier molecular flexibility index (Phi) is 30.7. The molecule has 0 amide bonds. The standard InChI is InChI=1S/C2H3N.5CHF3O3S.Ce.Cu/c1-2-3;5*2-1(3,4)8(5,6)7;;/h1H3;5*(H,5,6,7);;/q;;;;;;+3;+2/p-5. The fourth-order valence-electron chi connectivity index (χ4n) is 0. The minimum Gasteiger partial charge on any atom is -0.741 e. The van der Waals surface area contributed by atoms with Crippen molar-refractivity contribution in [3.05, 3.63) is 0 Å². The molecule has 0 saturated heterocycles. The number of halogens is 15. The number of hydrogen-bond donors (Lipinski definition) is 0. The first-order valence-corrected chi connectivity index (χ1v) is 14.1. The average Bonchev–Trinajstić information content (AvgIpc) is 2.55. The SMILES string of the molecule is CC#N.O=S(=O)([O-])C(F)(F)F.O=S(=O)([O-])C(F)(F)F.O=S(=O)([O-])C(F)(F)F.O=S(=O)([O-])C(F)(F)F.O=S(=O)([O-])C(F)(F)F.[Ce+3].[Cu+2]. The number of rotatable bonds is 0. The summed E-state index contributed by atoms with van der Waals surface area (Å²) >= 11 is 0. The molecular formula is C7H3CeCuF15NO15S5. The van der Waals surface area contributed by atoms with E-state index < -0.39 is 78.1 Å². The number of alkyl halides is 15. The zero-order valence-electron chi connectivity index (χ0n) is 19.1. The molecule has 0 N–H and O–H groups in total. The third kappa shape index (κ3) is 38.2. The molecule has 0 aromatic rings. The van der Waals surface area contributed by atoms with Crippen LogP contribution in [0.3, 0.4) is 0 Å². The molecule has 0 aromatic carbocycles. The van der Waals surface area contributed by atoms with Gasteiger partial charge in [-0.25, -0.2) is 42.1 Å². The summed E-state index contributed by atoms with van der Waals surface area (Å²) in [5.74, 6) is 0. The van der Waals surface area contributed by atoms with Gasteiger partial charge in [-0.05, 0) is 0 Å². The predicted molar refractivity (Wildman–Crippen MR) is 90.0 cm³/mol. The molecule has 0 aliphatic heterocycles. The predicted octanol–water partition coefficient (Wildman–Crippen LogP) is 0.784. The van der Waals surface area contributed by atoms with Crippen molar-refractivity contribution in [3.63, 3.8) is 0 Å². The van der Waals surface area contributed by atoms with E-state index in [1.165, 1.54) is 6.92 Å². The molecule has 38 heteroatoms. The van der Waals surface area contributed by atoms with Gasteiger partial charge in [0.2, 0.25) is 0 Å². The summed E-state index contributed by atoms with van der Waals surface area (Å²) in [6.45, 7) is 1.43. The molecule has 0 rings (SSSR count). The molecule has 0 saturated carbocycles. The summed E-state index contributed by atoms with van der Waals surface area (Å²) in [4.78, 5) is 0. The van der Waals surface area contributed by atoms with Crippen molar-refractivity contribution in [3.8, 4) is 6.07 Å². The van der Waals surface area contributed by atoms with Gasteiger partial charge in [-0.3, -0.25) is 0 Å². The maximum atomic E-state index is 10.7. The van der Waals surface area contributed by atoms with Crippen LogP contribution in [-0.4, -0.2) is 92.4 Å². The van der Waals surface area contributed by atoms with E-state index >= 15 is 0 Å². The largest absolute Gasteiger partial charge is 3.00 e. The Morgan fingerprint density at radius 2 is 0.422 bits per heavy atom. The van der Waals surface area contributed by atoms with Gasteiger partial charge in [0.15, 0.2) is 50.6 Å². The van der Waals surface area contributed by atoms with E-state index in [4.69, 9.17) is 70.1 Å². The summed E-state index contributed by atoms with van der Waals surface area (Å²) in [6, 6.07) is 1.75. The van der Waals surface area contributed by atoms with Gasteiger partial charge >= 0.3 is 86.4 Å². The normalized spacial score (nSPS) is 12.6. The van der Waals surface area contributed by atoms with Crippen LogP contribution in [0.1, 0.15) is 6.92 Å². The van der Waals surface area contributed by atoms with Crippen LogP contribution in [0.25, 0.3) is 0 Å². The van der Waals surface area contributed by atoms with Crippen LogP contribution in [0.15, 0.2) is 0 Å². The van der Waals surface area contributed by atoms with Gasteiger partial charge in [0, 0.05) is 6.92 Å². The van der Waals surface area contributed by atoms with Crippen LogP contribution >= 0.6 is 0 Å². The van der Waals surface area contributed by atoms with E-state index in [-0.39, 0.29) is 58.8 Å². The Labute approximate surface area is 283 Å². The van der Waals surface area contributed by atoms with Crippen molar-refractivity contribution < 1.29 is 190 Å². The quantitative estimate of drug-likeness (QED) is 0.140. The summed E-state index contributed by atoms with van der Waals surface area (Å²) < 4.78 is 295. The maximum Gasteiger partial charge on any atom is 3.00 e. The molecule has 45 heavy (non-hydrogen) atoms. The number of nitriles is 1. The fourth-order valence-corrected chi connectivity index (χ4v) is 0. The topological polar surface area (TPSA) is 310 Å². The molecule has 0 fully saturated rings. The first kappa shape index (κ1) is 63.5. The molecule has 0 unspecified atom stereocenters. The summed E-state index contributed by atoms with van der Waals surface area (Å²) in [6.07, 6.45) is 0. The minimum absolute atomic E-state index is 0. The van der Waals surface area contributed by atoms with Crippen molar-refractivity contribution in [1.82, 2.24) is 0 Å². The molecule has 276 valence electrons. The van der Waals surface area contributed by atoms with Gasteiger partial charge in [0.05, 0.1) is 6.07 Å². The van der Waals surface area contributed by atoms with Crippen LogP contribution in [0.5, 0.6) is 0 Å². The van der Waals surface area contributed by atoms with Crippen LogP contribution in [0.4, 0.5) is 65.9 Å². The van der Waals surface area contributed by atoms with Gasteiger partial charge in [-0.15, -0.1) is 0 Å². The van der Waals surface area contributed by atoms with Gasteiger partial charge in [-0.2, -0.15) is 71.1 Å². The van der Waals surface area contributed by atoms with Crippen molar-refractivity contribution in [2.75, 3.05) is 0 Å². The number of hydrogen-bond acceptors (Lipinski definition) is 16. The zero-order chi connectivity index (χ0) is 37.7. The number of nitrogens with zero attached hydrogens (tertiary/aromatic N) is 1. The fraction of sp³-hybridized carbons (Fsp3) is 0.857. The summed E-state index contributed by atoms with van der Waals surface area (Å²) in [5, 5.41) is 7.32. The van der Waals surface area contributed by atoms with Crippen molar-refractivity contribution in [2.45, 2.75) is 34.5 Å². The molecule has 0 aliphatic carbocycles. The van der Waals surface area contributed by atoms with E-state index in [0.717, 1.165) is 0 Å². The van der Waals surface area contributed by atoms with Crippen molar-refractivity contribution in [1.29, 1.82) is 5.26 Å². The van der Waals surface area contributed by atoms with Crippen molar-refractivity contribution in [2.24, 2.45) is 0 Å². The third-order valence-corrected chi connectivity index (χ3v) is 4.25. The first-order chi connectivity index (χ1) is 17.7. The molecule has 0 bridgehead atoms. The smallest absolute Gasteiger partial charge is 0.741 e.